The lowest BCUT2D eigenvalue weighted by atomic mass is 9.65. The average molecular weight is 737 g/mol. The van der Waals surface area contributed by atoms with Gasteiger partial charge in [0.25, 0.3) is 0 Å². The van der Waals surface area contributed by atoms with Gasteiger partial charge in [-0.05, 0) is 70.5 Å². The van der Waals surface area contributed by atoms with Gasteiger partial charge in [-0.25, -0.2) is 9.37 Å². The molecule has 2 aromatic heterocycles. The van der Waals surface area contributed by atoms with Crippen molar-refractivity contribution in [2.24, 2.45) is 10.8 Å². The van der Waals surface area contributed by atoms with E-state index in [4.69, 9.17) is 41.9 Å². The first kappa shape index (κ1) is 36.5. The number of piperidine rings is 1. The zero-order valence-electron chi connectivity index (χ0n) is 29.8. The number of methoxy groups -OCH3 is 1. The van der Waals surface area contributed by atoms with Crippen LogP contribution in [0.25, 0.3) is 22.2 Å². The van der Waals surface area contributed by atoms with E-state index in [0.717, 1.165) is 57.7 Å². The number of hydrogen-bond acceptors (Lipinski definition) is 13. The van der Waals surface area contributed by atoms with Crippen LogP contribution in [-0.2, 0) is 4.74 Å². The number of nitrogens with zero attached hydrogens (tertiary/aromatic N) is 6. The average Bonchev–Trinajstić information content (AvgIpc) is 3.47. The van der Waals surface area contributed by atoms with Crippen molar-refractivity contribution in [2.75, 3.05) is 57.2 Å². The number of aliphatic hydroxyl groups is 2. The molecule has 7 rings (SSSR count). The van der Waals surface area contributed by atoms with Crippen molar-refractivity contribution in [1.82, 2.24) is 19.9 Å². The molecule has 4 aliphatic rings. The van der Waals surface area contributed by atoms with E-state index in [2.05, 4.69) is 20.9 Å². The number of anilines is 2. The van der Waals surface area contributed by atoms with E-state index in [0.29, 0.717) is 24.3 Å². The van der Waals surface area contributed by atoms with E-state index in [1.807, 2.05) is 6.92 Å². The highest BCUT2D eigenvalue weighted by molar-refractivity contribution is 6.32. The van der Waals surface area contributed by atoms with E-state index in [1.54, 1.807) is 11.8 Å². The zero-order valence-corrected chi connectivity index (χ0v) is 30.5. The Morgan fingerprint density at radius 2 is 2.02 bits per heavy atom. The number of hydrogen-bond donors (Lipinski definition) is 4. The maximum atomic E-state index is 17.2. The Labute approximate surface area is 307 Å². The van der Waals surface area contributed by atoms with Gasteiger partial charge in [-0.15, -0.1) is 0 Å². The Balaban J connectivity index is 1.34. The summed E-state index contributed by atoms with van der Waals surface area (Å²) in [4.78, 5) is 18.4. The van der Waals surface area contributed by atoms with Crippen LogP contribution >= 0.6 is 11.6 Å². The van der Waals surface area contributed by atoms with Gasteiger partial charge >= 0.3 is 6.01 Å². The number of pyridine rings is 1. The summed E-state index contributed by atoms with van der Waals surface area (Å²) in [6.45, 7) is 4.95. The number of β-amino-alcohol motifs (C(OH)–C–C–N with tert-alkyl or cyclic N) is 1. The minimum Gasteiger partial charge on any atom is -0.480 e. The molecule has 278 valence electrons. The molecule has 0 spiro atoms. The number of nitrogens with one attached hydrogen (secondary N) is 1. The molecule has 52 heavy (non-hydrogen) atoms. The number of nitriles is 1. The van der Waals surface area contributed by atoms with Crippen LogP contribution in [0.3, 0.4) is 0 Å². The van der Waals surface area contributed by atoms with Gasteiger partial charge in [-0.2, -0.15) is 15.2 Å². The first-order valence-electron chi connectivity index (χ1n) is 17.9. The minimum atomic E-state index is -0.929. The number of fused-ring (bicyclic) bond motifs is 2. The second kappa shape index (κ2) is 14.2. The fraction of sp³-hybridized carbons (Fsp3) is 0.595. The van der Waals surface area contributed by atoms with Gasteiger partial charge in [0.1, 0.15) is 22.4 Å². The van der Waals surface area contributed by atoms with Crippen molar-refractivity contribution in [3.8, 4) is 29.2 Å². The third-order valence-corrected chi connectivity index (χ3v) is 12.1. The van der Waals surface area contributed by atoms with Crippen molar-refractivity contribution in [2.45, 2.75) is 83.1 Å². The lowest BCUT2D eigenvalue weighted by Gasteiger charge is -2.54. The third kappa shape index (κ3) is 6.30. The van der Waals surface area contributed by atoms with E-state index >= 15 is 4.39 Å². The highest BCUT2D eigenvalue weighted by Gasteiger charge is 2.54. The van der Waals surface area contributed by atoms with Crippen molar-refractivity contribution in [3.63, 3.8) is 0 Å². The summed E-state index contributed by atoms with van der Waals surface area (Å²) in [5, 5.41) is 39.0. The first-order chi connectivity index (χ1) is 24.9. The molecule has 0 radical (unpaired) electrons. The Kier molecular flexibility index (Phi) is 9.94. The second-order valence-corrected chi connectivity index (χ2v) is 15.6. The summed E-state index contributed by atoms with van der Waals surface area (Å²) in [6, 6.07) is 4.62. The summed E-state index contributed by atoms with van der Waals surface area (Å²) in [5.41, 5.74) is 6.67. The second-order valence-electron chi connectivity index (χ2n) is 15.2. The van der Waals surface area contributed by atoms with E-state index in [1.165, 1.54) is 13.2 Å². The van der Waals surface area contributed by atoms with Gasteiger partial charge in [0, 0.05) is 58.6 Å². The van der Waals surface area contributed by atoms with Gasteiger partial charge < -0.3 is 40.5 Å². The minimum absolute atomic E-state index is 0.00121. The molecule has 3 unspecified atom stereocenters. The summed E-state index contributed by atoms with van der Waals surface area (Å²) in [5.74, 6) is -0.596. The molecule has 0 bridgehead atoms. The number of nitrogen functional groups attached to an aromatic ring is 1. The highest BCUT2D eigenvalue weighted by Crippen LogP contribution is 2.53. The summed E-state index contributed by atoms with van der Waals surface area (Å²) < 4.78 is 35.2. The molecule has 1 aromatic carbocycles. The van der Waals surface area contributed by atoms with Crippen LogP contribution in [0, 0.1) is 40.3 Å². The number of likely N-dealkylation sites (tertiary alicyclic amines) is 1. The Bertz CT molecular complexity index is 1920. The van der Waals surface area contributed by atoms with Gasteiger partial charge in [-0.3, -0.25) is 4.90 Å². The quantitative estimate of drug-likeness (QED) is 0.176. The Morgan fingerprint density at radius 3 is 2.73 bits per heavy atom. The van der Waals surface area contributed by atoms with Crippen LogP contribution in [0.1, 0.15) is 63.0 Å². The lowest BCUT2D eigenvalue weighted by molar-refractivity contribution is -0.0629. The number of nitrogens with two attached hydrogens (primary N) is 1. The van der Waals surface area contributed by atoms with Crippen LogP contribution in [0.15, 0.2) is 6.07 Å². The monoisotopic (exact) mass is 736 g/mol. The molecule has 2 saturated heterocycles. The van der Waals surface area contributed by atoms with Crippen LogP contribution in [0.5, 0.6) is 11.9 Å². The number of ether oxygens (including phenoxy) is 3. The summed E-state index contributed by atoms with van der Waals surface area (Å²) >= 11 is 6.51. The number of aliphatic hydroxyl groups excluding tert-OH is 2. The molecule has 4 heterocycles. The molecule has 13 nitrogen and oxygen atoms in total. The summed E-state index contributed by atoms with van der Waals surface area (Å²) in [6.07, 6.45) is 6.25. The predicted octanol–water partition coefficient (Wildman–Crippen LogP) is 4.65. The van der Waals surface area contributed by atoms with Crippen molar-refractivity contribution in [1.29, 1.82) is 10.7 Å². The van der Waals surface area contributed by atoms with Gasteiger partial charge in [0.05, 0.1) is 50.6 Å². The molecular weight excluding hydrogens is 691 g/mol. The molecule has 15 heteroatoms. The molecule has 2 aliphatic heterocycles. The van der Waals surface area contributed by atoms with Gasteiger partial charge in [0.15, 0.2) is 5.82 Å². The SMILES string of the molecule is COc1nc(-c2c(C)c(Cl)cc(N)c2C=N)c(F)c2nc(OCC34CCCC3N(C3CC(C)(C#N)C3)CCC4)nc(N3CC(O)CO[C@@H](CO)C3)c12. The van der Waals surface area contributed by atoms with E-state index in [9.17, 15) is 15.5 Å². The molecular formula is C37H46ClFN8O5. The molecule has 4 atom stereocenters. The zero-order chi connectivity index (χ0) is 36.9. The predicted molar refractivity (Wildman–Crippen MR) is 195 cm³/mol. The van der Waals surface area contributed by atoms with Gasteiger partial charge in [0.2, 0.25) is 5.88 Å². The first-order valence-corrected chi connectivity index (χ1v) is 18.3. The largest absolute Gasteiger partial charge is 0.480 e. The van der Waals surface area contributed by atoms with Crippen LogP contribution in [0.2, 0.25) is 5.02 Å². The Hall–Kier alpha value is -3.87. The smallest absolute Gasteiger partial charge is 0.319 e. The van der Waals surface area contributed by atoms with E-state index < -0.39 is 18.0 Å². The number of rotatable bonds is 9. The summed E-state index contributed by atoms with van der Waals surface area (Å²) in [7, 11) is 1.40. The maximum absolute atomic E-state index is 17.2. The number of aromatic nitrogens is 3. The van der Waals surface area contributed by atoms with Crippen LogP contribution in [-0.4, -0.2) is 107 Å². The van der Waals surface area contributed by atoms with E-state index in [-0.39, 0.29) is 93.3 Å². The molecule has 2 aliphatic carbocycles. The van der Waals surface area contributed by atoms with Crippen LogP contribution < -0.4 is 20.1 Å². The molecule has 3 aromatic rings. The molecule has 5 N–H and O–H groups in total. The van der Waals surface area contributed by atoms with Gasteiger partial charge in [-0.1, -0.05) is 18.0 Å². The van der Waals surface area contributed by atoms with Crippen molar-refractivity contribution < 1.29 is 28.8 Å². The third-order valence-electron chi connectivity index (χ3n) is 11.7. The Morgan fingerprint density at radius 1 is 1.25 bits per heavy atom. The maximum Gasteiger partial charge on any atom is 0.319 e. The van der Waals surface area contributed by atoms with Crippen molar-refractivity contribution >= 4 is 40.2 Å². The fourth-order valence-corrected chi connectivity index (χ4v) is 9.27. The number of benzene rings is 1. The fourth-order valence-electron chi connectivity index (χ4n) is 9.06. The molecule has 4 fully saturated rings. The number of halogens is 2. The van der Waals surface area contributed by atoms with Crippen molar-refractivity contribution in [3.05, 3.63) is 28.0 Å². The topological polar surface area (TPSA) is 187 Å². The highest BCUT2D eigenvalue weighted by atomic mass is 35.5. The standard InChI is InChI=1S/C37H46ClFN8O5/c1-20-25(38)10-26(42)24(13-40)28(20)31-30(39)32-29(34(43-31)50-3)33(46-14-22(49)17-51-23(15-46)16-48)45-35(44-32)52-19-37-7-4-6-27(37)47(9-5-8-37)21-11-36(2,12-21)18-41/h10,13,21-23,27,40,48-49H,4-9,11-12,14-17,19,42H2,1-3H3/t21?,22?,23-,27?,36?,37?/m1/s1. The lowest BCUT2D eigenvalue weighted by Crippen LogP contribution is -2.60. The molecule has 0 amide bonds. The molecule has 2 saturated carbocycles. The normalized spacial score (nSPS) is 29.2. The van der Waals surface area contributed by atoms with Crippen LogP contribution in [0.4, 0.5) is 15.9 Å².